The third-order valence-corrected chi connectivity index (χ3v) is 3.55. The molecule has 1 heterocycles. The second-order valence-corrected chi connectivity index (χ2v) is 4.99. The fourth-order valence-electron chi connectivity index (χ4n) is 2.27. The van der Waals surface area contributed by atoms with Gasteiger partial charge in [-0.25, -0.2) is 4.98 Å². The average molecular weight is 272 g/mol. The van der Waals surface area contributed by atoms with Crippen LogP contribution in [-0.2, 0) is 7.05 Å². The van der Waals surface area contributed by atoms with Crippen LogP contribution in [0.25, 0.3) is 11.0 Å². The normalized spacial score (nSPS) is 12.8. The minimum atomic E-state index is -0.239. The second-order valence-electron chi connectivity index (χ2n) is 4.55. The molecule has 0 bridgehead atoms. The molecule has 0 aliphatic carbocycles. The SMILES string of the molecule is Cn1c(C(N)c2ccccc2)nc2ccc(Cl)cc21. The van der Waals surface area contributed by atoms with E-state index in [2.05, 4.69) is 4.98 Å². The first-order valence-corrected chi connectivity index (χ1v) is 6.47. The number of nitrogens with two attached hydrogens (primary N) is 1. The molecule has 3 aromatic rings. The third-order valence-electron chi connectivity index (χ3n) is 3.31. The molecule has 0 amide bonds. The zero-order valence-corrected chi connectivity index (χ0v) is 11.3. The summed E-state index contributed by atoms with van der Waals surface area (Å²) in [6.07, 6.45) is 0. The summed E-state index contributed by atoms with van der Waals surface area (Å²) in [5.74, 6) is 0.837. The predicted molar refractivity (Wildman–Crippen MR) is 78.2 cm³/mol. The van der Waals surface area contributed by atoms with Gasteiger partial charge in [0.1, 0.15) is 5.82 Å². The molecule has 1 unspecified atom stereocenters. The minimum Gasteiger partial charge on any atom is -0.329 e. The highest BCUT2D eigenvalue weighted by Gasteiger charge is 2.16. The quantitative estimate of drug-likeness (QED) is 0.777. The predicted octanol–water partition coefficient (Wildman–Crippen LogP) is 3.27. The number of fused-ring (bicyclic) bond motifs is 1. The van der Waals surface area contributed by atoms with Crippen molar-refractivity contribution in [3.05, 3.63) is 64.9 Å². The van der Waals surface area contributed by atoms with Crippen molar-refractivity contribution in [2.75, 3.05) is 0 Å². The number of hydrogen-bond donors (Lipinski definition) is 1. The fourth-order valence-corrected chi connectivity index (χ4v) is 2.44. The molecule has 0 radical (unpaired) electrons. The number of benzene rings is 2. The van der Waals surface area contributed by atoms with Gasteiger partial charge in [-0.3, -0.25) is 0 Å². The molecule has 1 atom stereocenters. The molecule has 0 spiro atoms. The van der Waals surface area contributed by atoms with Gasteiger partial charge in [-0.1, -0.05) is 41.9 Å². The Morgan fingerprint density at radius 1 is 1.16 bits per heavy atom. The van der Waals surface area contributed by atoms with Crippen LogP contribution in [0.5, 0.6) is 0 Å². The van der Waals surface area contributed by atoms with Crippen LogP contribution >= 0.6 is 11.6 Å². The van der Waals surface area contributed by atoms with E-state index in [0.29, 0.717) is 5.02 Å². The summed E-state index contributed by atoms with van der Waals surface area (Å²) in [6, 6.07) is 15.4. The average Bonchev–Trinajstić information content (AvgIpc) is 2.76. The van der Waals surface area contributed by atoms with Crippen LogP contribution < -0.4 is 5.73 Å². The second kappa shape index (κ2) is 4.68. The summed E-state index contributed by atoms with van der Waals surface area (Å²) in [6.45, 7) is 0. The van der Waals surface area contributed by atoms with E-state index in [4.69, 9.17) is 17.3 Å². The van der Waals surface area contributed by atoms with E-state index >= 15 is 0 Å². The van der Waals surface area contributed by atoms with Gasteiger partial charge < -0.3 is 10.3 Å². The molecule has 2 N–H and O–H groups in total. The molecule has 96 valence electrons. The van der Waals surface area contributed by atoms with Crippen LogP contribution in [0.3, 0.4) is 0 Å². The molecule has 3 rings (SSSR count). The molecule has 0 aliphatic rings. The summed E-state index contributed by atoms with van der Waals surface area (Å²) >= 11 is 6.02. The van der Waals surface area contributed by atoms with E-state index in [-0.39, 0.29) is 6.04 Å². The highest BCUT2D eigenvalue weighted by molar-refractivity contribution is 6.31. The summed E-state index contributed by atoms with van der Waals surface area (Å²) in [4.78, 5) is 4.61. The van der Waals surface area contributed by atoms with Crippen LogP contribution in [0.4, 0.5) is 0 Å². The number of imidazole rings is 1. The van der Waals surface area contributed by atoms with Crippen LogP contribution in [0, 0.1) is 0 Å². The molecule has 4 heteroatoms. The van der Waals surface area contributed by atoms with E-state index < -0.39 is 0 Å². The van der Waals surface area contributed by atoms with Crippen molar-refractivity contribution in [1.29, 1.82) is 0 Å². The van der Waals surface area contributed by atoms with Crippen LogP contribution in [0.15, 0.2) is 48.5 Å². The number of aryl methyl sites for hydroxylation is 1. The van der Waals surface area contributed by atoms with E-state index in [0.717, 1.165) is 22.4 Å². The summed E-state index contributed by atoms with van der Waals surface area (Å²) in [5.41, 5.74) is 9.26. The Morgan fingerprint density at radius 2 is 1.89 bits per heavy atom. The van der Waals surface area contributed by atoms with Gasteiger partial charge in [-0.2, -0.15) is 0 Å². The lowest BCUT2D eigenvalue weighted by atomic mass is 10.1. The molecule has 2 aromatic carbocycles. The summed E-state index contributed by atoms with van der Waals surface area (Å²) < 4.78 is 2.00. The van der Waals surface area contributed by atoms with E-state index in [1.165, 1.54) is 0 Å². The molecular weight excluding hydrogens is 258 g/mol. The maximum absolute atomic E-state index is 6.30. The molecule has 0 aliphatic heterocycles. The first-order valence-electron chi connectivity index (χ1n) is 6.09. The van der Waals surface area contributed by atoms with Crippen LogP contribution in [-0.4, -0.2) is 9.55 Å². The van der Waals surface area contributed by atoms with E-state index in [9.17, 15) is 0 Å². The van der Waals surface area contributed by atoms with Crippen molar-refractivity contribution in [2.45, 2.75) is 6.04 Å². The van der Waals surface area contributed by atoms with Crippen molar-refractivity contribution < 1.29 is 0 Å². The minimum absolute atomic E-state index is 0.239. The highest BCUT2D eigenvalue weighted by Crippen LogP contribution is 2.24. The molecule has 1 aromatic heterocycles. The molecule has 19 heavy (non-hydrogen) atoms. The van der Waals surface area contributed by atoms with Gasteiger partial charge in [-0.05, 0) is 23.8 Å². The molecule has 3 nitrogen and oxygen atoms in total. The Labute approximate surface area is 116 Å². The van der Waals surface area contributed by atoms with Gasteiger partial charge in [0.25, 0.3) is 0 Å². The lowest BCUT2D eigenvalue weighted by Crippen LogP contribution is -2.16. The Kier molecular flexibility index (Phi) is 3.01. The van der Waals surface area contributed by atoms with Crippen LogP contribution in [0.2, 0.25) is 5.02 Å². The maximum Gasteiger partial charge on any atom is 0.131 e. The zero-order valence-electron chi connectivity index (χ0n) is 10.5. The third kappa shape index (κ3) is 2.11. The number of halogens is 1. The van der Waals surface area contributed by atoms with Gasteiger partial charge in [0.05, 0.1) is 17.1 Å². The first-order chi connectivity index (χ1) is 9.16. The van der Waals surface area contributed by atoms with Crippen LogP contribution in [0.1, 0.15) is 17.4 Å². The maximum atomic E-state index is 6.30. The molecule has 0 saturated carbocycles. The number of hydrogen-bond acceptors (Lipinski definition) is 2. The van der Waals surface area contributed by atoms with Gasteiger partial charge in [0.15, 0.2) is 0 Å². The Morgan fingerprint density at radius 3 is 2.63 bits per heavy atom. The monoisotopic (exact) mass is 271 g/mol. The van der Waals surface area contributed by atoms with E-state index in [1.807, 2.05) is 60.1 Å². The van der Waals surface area contributed by atoms with E-state index in [1.54, 1.807) is 0 Å². The highest BCUT2D eigenvalue weighted by atomic mass is 35.5. The summed E-state index contributed by atoms with van der Waals surface area (Å²) in [5, 5.41) is 0.704. The molecule has 0 saturated heterocycles. The summed E-state index contributed by atoms with van der Waals surface area (Å²) in [7, 11) is 1.96. The standard InChI is InChI=1S/C15H14ClN3/c1-19-13-9-11(16)7-8-12(13)18-15(19)14(17)10-5-3-2-4-6-10/h2-9,14H,17H2,1H3. The Balaban J connectivity index is 2.13. The van der Waals surface area contributed by atoms with Crippen molar-refractivity contribution in [2.24, 2.45) is 12.8 Å². The molecule has 0 fully saturated rings. The Bertz CT molecular complexity index is 719. The smallest absolute Gasteiger partial charge is 0.131 e. The van der Waals surface area contributed by atoms with Gasteiger partial charge in [0.2, 0.25) is 0 Å². The van der Waals surface area contributed by atoms with Crippen molar-refractivity contribution in [3.8, 4) is 0 Å². The number of nitrogens with zero attached hydrogens (tertiary/aromatic N) is 2. The largest absolute Gasteiger partial charge is 0.329 e. The number of rotatable bonds is 2. The van der Waals surface area contributed by atoms with Gasteiger partial charge >= 0.3 is 0 Å². The first kappa shape index (κ1) is 12.2. The number of aromatic nitrogens is 2. The van der Waals surface area contributed by atoms with Crippen molar-refractivity contribution in [3.63, 3.8) is 0 Å². The van der Waals surface area contributed by atoms with Gasteiger partial charge in [0, 0.05) is 12.1 Å². The van der Waals surface area contributed by atoms with Gasteiger partial charge in [-0.15, -0.1) is 0 Å². The van der Waals surface area contributed by atoms with Crippen molar-refractivity contribution >= 4 is 22.6 Å². The zero-order chi connectivity index (χ0) is 13.4. The fraction of sp³-hybridized carbons (Fsp3) is 0.133. The topological polar surface area (TPSA) is 43.8 Å². The lowest BCUT2D eigenvalue weighted by molar-refractivity contribution is 0.728. The lowest BCUT2D eigenvalue weighted by Gasteiger charge is -2.11. The Hall–Kier alpha value is -1.84. The van der Waals surface area contributed by atoms with Crippen molar-refractivity contribution in [1.82, 2.24) is 9.55 Å². The molecular formula is C15H14ClN3.